The Morgan fingerprint density at radius 1 is 0.818 bits per heavy atom. The fraction of sp³-hybridized carbons (Fsp3) is 0.185. The fourth-order valence-electron chi connectivity index (χ4n) is 3.66. The zero-order chi connectivity index (χ0) is 23.8. The molecule has 2 amide bonds. The Balaban J connectivity index is 1.75. The van der Waals surface area contributed by atoms with Crippen molar-refractivity contribution in [1.29, 1.82) is 0 Å². The Kier molecular flexibility index (Phi) is 5.77. The molecule has 33 heavy (non-hydrogen) atoms. The van der Waals surface area contributed by atoms with Crippen LogP contribution >= 0.6 is 0 Å². The van der Waals surface area contributed by atoms with Crippen molar-refractivity contribution in [2.45, 2.75) is 26.3 Å². The predicted octanol–water partition coefficient (Wildman–Crippen LogP) is 5.79. The van der Waals surface area contributed by atoms with Gasteiger partial charge in [0.15, 0.2) is 0 Å². The molecule has 1 aromatic heterocycles. The van der Waals surface area contributed by atoms with E-state index >= 15 is 0 Å². The van der Waals surface area contributed by atoms with Gasteiger partial charge in [0.1, 0.15) is 17.2 Å². The van der Waals surface area contributed by atoms with Gasteiger partial charge in [0, 0.05) is 29.1 Å². The molecule has 4 rings (SSSR count). The van der Waals surface area contributed by atoms with Crippen molar-refractivity contribution in [2.24, 2.45) is 0 Å². The maximum Gasteiger partial charge on any atom is 0.255 e. The highest BCUT2D eigenvalue weighted by Crippen LogP contribution is 2.36. The number of carbonyl (C=O) groups excluding carboxylic acids is 2. The molecule has 5 nitrogen and oxygen atoms in total. The smallest absolute Gasteiger partial charge is 0.255 e. The van der Waals surface area contributed by atoms with Gasteiger partial charge in [-0.1, -0.05) is 18.2 Å². The number of fused-ring (bicyclic) bond motifs is 1. The van der Waals surface area contributed by atoms with Crippen LogP contribution in [0.5, 0.6) is 0 Å². The Hall–Kier alpha value is -3.93. The van der Waals surface area contributed by atoms with Crippen molar-refractivity contribution >= 4 is 22.8 Å². The molecule has 0 unspecified atom stereocenters. The maximum absolute atomic E-state index is 13.4. The molecular weight excluding hydrogens is 419 g/mol. The number of nitrogens with one attached hydrogen (secondary N) is 2. The summed E-state index contributed by atoms with van der Waals surface area (Å²) in [7, 11) is 1.56. The average Bonchev–Trinajstić information content (AvgIpc) is 3.16. The van der Waals surface area contributed by atoms with E-state index in [2.05, 4.69) is 10.6 Å². The summed E-state index contributed by atoms with van der Waals surface area (Å²) in [5.41, 5.74) is 3.59. The fourth-order valence-corrected chi connectivity index (χ4v) is 3.66. The van der Waals surface area contributed by atoms with Crippen LogP contribution in [0.15, 0.2) is 71.1 Å². The summed E-state index contributed by atoms with van der Waals surface area (Å²) >= 11 is 0. The lowest BCUT2D eigenvalue weighted by Gasteiger charge is -2.20. The van der Waals surface area contributed by atoms with Gasteiger partial charge in [-0.15, -0.1) is 0 Å². The van der Waals surface area contributed by atoms with E-state index in [-0.39, 0.29) is 23.2 Å². The van der Waals surface area contributed by atoms with Crippen molar-refractivity contribution < 1.29 is 18.4 Å². The number of carbonyl (C=O) groups is 2. The molecule has 0 aliphatic carbocycles. The quantitative estimate of drug-likeness (QED) is 0.418. The summed E-state index contributed by atoms with van der Waals surface area (Å²) < 4.78 is 19.4. The molecule has 0 radical (unpaired) electrons. The SMILES string of the molecule is CNC(=O)c1c(-c2ccc(F)cc2)oc2ccc(-c3ccc(C(=O)NC(C)(C)C)cc3)cc12. The van der Waals surface area contributed by atoms with Crippen molar-refractivity contribution in [3.63, 3.8) is 0 Å². The van der Waals surface area contributed by atoms with Gasteiger partial charge in [0.05, 0.1) is 5.56 Å². The van der Waals surface area contributed by atoms with E-state index in [1.807, 2.05) is 51.1 Å². The van der Waals surface area contributed by atoms with Crippen molar-refractivity contribution in [2.75, 3.05) is 7.05 Å². The van der Waals surface area contributed by atoms with Crippen molar-refractivity contribution in [1.82, 2.24) is 10.6 Å². The highest BCUT2D eigenvalue weighted by Gasteiger charge is 2.22. The molecule has 0 saturated heterocycles. The molecule has 2 N–H and O–H groups in total. The normalized spacial score (nSPS) is 11.4. The van der Waals surface area contributed by atoms with Gasteiger partial charge in [0.2, 0.25) is 0 Å². The molecule has 0 fully saturated rings. The molecule has 0 bridgehead atoms. The summed E-state index contributed by atoms with van der Waals surface area (Å²) in [5, 5.41) is 6.26. The number of halogens is 1. The minimum absolute atomic E-state index is 0.134. The lowest BCUT2D eigenvalue weighted by Crippen LogP contribution is -2.40. The van der Waals surface area contributed by atoms with Crippen LogP contribution in [-0.2, 0) is 0 Å². The average molecular weight is 445 g/mol. The van der Waals surface area contributed by atoms with E-state index in [0.29, 0.717) is 33.4 Å². The first-order chi connectivity index (χ1) is 15.7. The van der Waals surface area contributed by atoms with Crippen molar-refractivity contribution in [3.8, 4) is 22.5 Å². The summed E-state index contributed by atoms with van der Waals surface area (Å²) in [4.78, 5) is 25.1. The Morgan fingerprint density at radius 2 is 1.42 bits per heavy atom. The van der Waals surface area contributed by atoms with Crippen LogP contribution in [0, 0.1) is 5.82 Å². The van der Waals surface area contributed by atoms with E-state index in [0.717, 1.165) is 11.1 Å². The lowest BCUT2D eigenvalue weighted by molar-refractivity contribution is 0.0918. The standard InChI is InChI=1S/C27H25FN2O3/c1-27(2,3)30-25(31)18-7-5-16(6-8-18)19-11-14-22-21(15-19)23(26(32)29-4)24(33-22)17-9-12-20(28)13-10-17/h5-15H,1-4H3,(H,29,32)(H,30,31). The summed E-state index contributed by atoms with van der Waals surface area (Å²) in [6.07, 6.45) is 0. The highest BCUT2D eigenvalue weighted by atomic mass is 19.1. The molecule has 0 aliphatic rings. The minimum Gasteiger partial charge on any atom is -0.455 e. The minimum atomic E-state index is -0.363. The van der Waals surface area contributed by atoms with Crippen LogP contribution in [0.1, 0.15) is 41.5 Å². The lowest BCUT2D eigenvalue weighted by atomic mass is 9.99. The summed E-state index contributed by atoms with van der Waals surface area (Å²) in [5.74, 6) is -0.404. The van der Waals surface area contributed by atoms with Crippen LogP contribution in [0.3, 0.4) is 0 Å². The summed E-state index contributed by atoms with van der Waals surface area (Å²) in [6.45, 7) is 5.80. The van der Waals surface area contributed by atoms with Crippen LogP contribution in [0.2, 0.25) is 0 Å². The molecular formula is C27H25FN2O3. The Labute approximate surface area is 191 Å². The molecule has 1 heterocycles. The second-order valence-electron chi connectivity index (χ2n) is 8.88. The van der Waals surface area contributed by atoms with E-state index < -0.39 is 0 Å². The topological polar surface area (TPSA) is 71.3 Å². The first kappa shape index (κ1) is 22.3. The molecule has 0 spiro atoms. The third kappa shape index (κ3) is 4.65. The zero-order valence-electron chi connectivity index (χ0n) is 19.0. The summed E-state index contributed by atoms with van der Waals surface area (Å²) in [6, 6.07) is 18.7. The molecule has 168 valence electrons. The molecule has 0 atom stereocenters. The Morgan fingerprint density at radius 3 is 2.03 bits per heavy atom. The van der Waals surface area contributed by atoms with Gasteiger partial charge in [-0.05, 0) is 80.4 Å². The van der Waals surface area contributed by atoms with Crippen LogP contribution in [-0.4, -0.2) is 24.4 Å². The third-order valence-corrected chi connectivity index (χ3v) is 5.22. The van der Waals surface area contributed by atoms with Gasteiger partial charge in [-0.2, -0.15) is 0 Å². The molecule has 0 saturated carbocycles. The number of amides is 2. The van der Waals surface area contributed by atoms with Gasteiger partial charge >= 0.3 is 0 Å². The second-order valence-corrected chi connectivity index (χ2v) is 8.88. The van der Waals surface area contributed by atoms with Crippen LogP contribution in [0.4, 0.5) is 4.39 Å². The monoisotopic (exact) mass is 444 g/mol. The first-order valence-corrected chi connectivity index (χ1v) is 10.6. The number of rotatable bonds is 4. The van der Waals surface area contributed by atoms with E-state index in [9.17, 15) is 14.0 Å². The Bertz CT molecular complexity index is 1330. The van der Waals surface area contributed by atoms with E-state index in [1.54, 1.807) is 31.3 Å². The second kappa shape index (κ2) is 8.54. The first-order valence-electron chi connectivity index (χ1n) is 10.6. The number of hydrogen-bond donors (Lipinski definition) is 2. The zero-order valence-corrected chi connectivity index (χ0v) is 19.0. The van der Waals surface area contributed by atoms with Gasteiger partial charge in [-0.3, -0.25) is 9.59 Å². The predicted molar refractivity (Wildman–Crippen MR) is 128 cm³/mol. The molecule has 0 aliphatic heterocycles. The largest absolute Gasteiger partial charge is 0.455 e. The van der Waals surface area contributed by atoms with Gasteiger partial charge < -0.3 is 15.1 Å². The maximum atomic E-state index is 13.4. The van der Waals surface area contributed by atoms with Crippen molar-refractivity contribution in [3.05, 3.63) is 83.7 Å². The van der Waals surface area contributed by atoms with Gasteiger partial charge in [-0.25, -0.2) is 4.39 Å². The molecule has 3 aromatic carbocycles. The number of furan rings is 1. The number of hydrogen-bond acceptors (Lipinski definition) is 3. The van der Waals surface area contributed by atoms with Gasteiger partial charge in [0.25, 0.3) is 11.8 Å². The van der Waals surface area contributed by atoms with Crippen LogP contribution in [0.25, 0.3) is 33.4 Å². The highest BCUT2D eigenvalue weighted by molar-refractivity contribution is 6.11. The third-order valence-electron chi connectivity index (χ3n) is 5.22. The number of benzene rings is 3. The van der Waals surface area contributed by atoms with E-state index in [1.165, 1.54) is 12.1 Å². The van der Waals surface area contributed by atoms with E-state index in [4.69, 9.17) is 4.42 Å². The van der Waals surface area contributed by atoms with Crippen LogP contribution < -0.4 is 10.6 Å². The molecule has 4 aromatic rings. The molecule has 6 heteroatoms.